The van der Waals surface area contributed by atoms with E-state index >= 15 is 0 Å². The second-order valence-electron chi connectivity index (χ2n) is 6.65. The summed E-state index contributed by atoms with van der Waals surface area (Å²) in [4.78, 5) is 13.5. The molecule has 0 aliphatic carbocycles. The van der Waals surface area contributed by atoms with Crippen LogP contribution < -0.4 is 10.6 Å². The van der Waals surface area contributed by atoms with Gasteiger partial charge in [-0.25, -0.2) is 0 Å². The zero-order valence-corrected chi connectivity index (χ0v) is 16.7. The average molecular weight is 369 g/mol. The predicted molar refractivity (Wildman–Crippen MR) is 111 cm³/mol. The fourth-order valence-electron chi connectivity index (χ4n) is 3.58. The van der Waals surface area contributed by atoms with Gasteiger partial charge in [0.05, 0.1) is 6.17 Å². The van der Waals surface area contributed by atoms with Gasteiger partial charge in [-0.05, 0) is 30.6 Å². The van der Waals surface area contributed by atoms with Gasteiger partial charge >= 0.3 is 5.97 Å². The standard InChI is InChI=1S/C23H32N2O2/c1-4-17-23(19-13-9-7-10-14-19,20-15-11-8-12-16-20)22(26)27-18-21(24-5-2)25-6-3/h7-16,21,24-25H,4-6,17-18H2,1-3H3. The van der Waals surface area contributed by atoms with Crippen LogP contribution in [-0.4, -0.2) is 31.8 Å². The first-order chi connectivity index (χ1) is 13.2. The molecule has 2 rings (SSSR count). The molecule has 0 heterocycles. The summed E-state index contributed by atoms with van der Waals surface area (Å²) < 4.78 is 5.87. The molecule has 0 aromatic heterocycles. The molecule has 146 valence electrons. The van der Waals surface area contributed by atoms with Gasteiger partial charge in [-0.3, -0.25) is 15.4 Å². The number of benzene rings is 2. The molecule has 0 amide bonds. The Labute approximate surface area is 163 Å². The Morgan fingerprint density at radius 1 is 0.889 bits per heavy atom. The predicted octanol–water partition coefficient (Wildman–Crippen LogP) is 3.86. The smallest absolute Gasteiger partial charge is 0.321 e. The molecule has 0 radical (unpaired) electrons. The van der Waals surface area contributed by atoms with Gasteiger partial charge in [0, 0.05) is 0 Å². The van der Waals surface area contributed by atoms with E-state index < -0.39 is 5.41 Å². The highest BCUT2D eigenvalue weighted by Gasteiger charge is 2.42. The average Bonchev–Trinajstić information content (AvgIpc) is 2.71. The molecule has 0 atom stereocenters. The molecule has 27 heavy (non-hydrogen) atoms. The van der Waals surface area contributed by atoms with Crippen LogP contribution in [0.4, 0.5) is 0 Å². The first kappa shape index (κ1) is 21.1. The lowest BCUT2D eigenvalue weighted by molar-refractivity contribution is -0.150. The van der Waals surface area contributed by atoms with Gasteiger partial charge in [0.2, 0.25) is 0 Å². The monoisotopic (exact) mass is 368 g/mol. The first-order valence-corrected chi connectivity index (χ1v) is 9.94. The quantitative estimate of drug-likeness (QED) is 0.467. The number of rotatable bonds is 11. The Balaban J connectivity index is 2.38. The van der Waals surface area contributed by atoms with Crippen LogP contribution in [0.2, 0.25) is 0 Å². The van der Waals surface area contributed by atoms with Crippen LogP contribution in [0.5, 0.6) is 0 Å². The SMILES string of the molecule is CCCC(C(=O)OCC(NCC)NCC)(c1ccccc1)c1ccccc1. The van der Waals surface area contributed by atoms with Gasteiger partial charge in [0.25, 0.3) is 0 Å². The fraction of sp³-hybridized carbons (Fsp3) is 0.435. The maximum Gasteiger partial charge on any atom is 0.321 e. The van der Waals surface area contributed by atoms with Crippen molar-refractivity contribution in [2.75, 3.05) is 19.7 Å². The Hall–Kier alpha value is -2.17. The van der Waals surface area contributed by atoms with E-state index in [1.165, 1.54) is 0 Å². The minimum Gasteiger partial charge on any atom is -0.462 e. The third kappa shape index (κ3) is 5.18. The van der Waals surface area contributed by atoms with Crippen molar-refractivity contribution in [3.8, 4) is 0 Å². The van der Waals surface area contributed by atoms with Crippen molar-refractivity contribution < 1.29 is 9.53 Å². The van der Waals surface area contributed by atoms with E-state index in [1.54, 1.807) is 0 Å². The van der Waals surface area contributed by atoms with Crippen LogP contribution in [0, 0.1) is 0 Å². The van der Waals surface area contributed by atoms with Crippen molar-refractivity contribution in [2.24, 2.45) is 0 Å². The minimum atomic E-state index is -0.791. The normalized spacial score (nSPS) is 11.6. The van der Waals surface area contributed by atoms with Crippen molar-refractivity contribution in [3.05, 3.63) is 71.8 Å². The third-order valence-corrected chi connectivity index (χ3v) is 4.79. The van der Waals surface area contributed by atoms with Crippen molar-refractivity contribution in [1.29, 1.82) is 0 Å². The molecule has 4 nitrogen and oxygen atoms in total. The van der Waals surface area contributed by atoms with Crippen LogP contribution in [0.25, 0.3) is 0 Å². The van der Waals surface area contributed by atoms with Crippen molar-refractivity contribution in [3.63, 3.8) is 0 Å². The Kier molecular flexibility index (Phi) is 8.49. The highest BCUT2D eigenvalue weighted by Crippen LogP contribution is 2.38. The molecule has 2 aromatic rings. The van der Waals surface area contributed by atoms with Gasteiger partial charge in [-0.2, -0.15) is 0 Å². The van der Waals surface area contributed by atoms with E-state index in [9.17, 15) is 4.79 Å². The van der Waals surface area contributed by atoms with E-state index in [1.807, 2.05) is 74.5 Å². The summed E-state index contributed by atoms with van der Waals surface area (Å²) in [6.07, 6.45) is 1.53. The molecule has 0 bridgehead atoms. The van der Waals surface area contributed by atoms with E-state index in [2.05, 4.69) is 17.6 Å². The molecular weight excluding hydrogens is 336 g/mol. The van der Waals surface area contributed by atoms with Gasteiger partial charge in [0.15, 0.2) is 0 Å². The third-order valence-electron chi connectivity index (χ3n) is 4.79. The summed E-state index contributed by atoms with van der Waals surface area (Å²) in [5.74, 6) is -0.192. The van der Waals surface area contributed by atoms with E-state index in [0.717, 1.165) is 30.6 Å². The molecule has 0 spiro atoms. The highest BCUT2D eigenvalue weighted by molar-refractivity contribution is 5.87. The van der Waals surface area contributed by atoms with Crippen LogP contribution in [0.3, 0.4) is 0 Å². The molecular formula is C23H32N2O2. The van der Waals surface area contributed by atoms with Crippen LogP contribution >= 0.6 is 0 Å². The fourth-order valence-corrected chi connectivity index (χ4v) is 3.58. The number of carbonyl (C=O) groups is 1. The number of esters is 1. The summed E-state index contributed by atoms with van der Waals surface area (Å²) in [6, 6.07) is 20.0. The lowest BCUT2D eigenvalue weighted by atomic mass is 9.71. The van der Waals surface area contributed by atoms with Gasteiger partial charge < -0.3 is 4.74 Å². The topological polar surface area (TPSA) is 50.4 Å². The summed E-state index contributed by atoms with van der Waals surface area (Å²) in [6.45, 7) is 8.11. The van der Waals surface area contributed by atoms with Gasteiger partial charge in [-0.15, -0.1) is 0 Å². The second kappa shape index (κ2) is 10.9. The molecule has 0 aliphatic rings. The summed E-state index contributed by atoms with van der Waals surface area (Å²) in [7, 11) is 0. The number of likely N-dealkylation sites (N-methyl/N-ethyl adjacent to an activating group) is 2. The lowest BCUT2D eigenvalue weighted by Gasteiger charge is -2.33. The summed E-state index contributed by atoms with van der Waals surface area (Å²) in [5, 5.41) is 6.63. The van der Waals surface area contributed by atoms with Crippen LogP contribution in [0.15, 0.2) is 60.7 Å². The molecule has 0 saturated carbocycles. The number of carbonyl (C=O) groups excluding carboxylic acids is 1. The second-order valence-corrected chi connectivity index (χ2v) is 6.65. The minimum absolute atomic E-state index is 0.0465. The van der Waals surface area contributed by atoms with Crippen molar-refractivity contribution in [2.45, 2.75) is 45.2 Å². The maximum atomic E-state index is 13.5. The molecule has 2 aromatic carbocycles. The zero-order valence-electron chi connectivity index (χ0n) is 16.7. The first-order valence-electron chi connectivity index (χ1n) is 9.94. The lowest BCUT2D eigenvalue weighted by Crippen LogP contribution is -2.48. The van der Waals surface area contributed by atoms with Gasteiger partial charge in [-0.1, -0.05) is 87.9 Å². The Morgan fingerprint density at radius 2 is 1.37 bits per heavy atom. The van der Waals surface area contributed by atoms with Crippen molar-refractivity contribution >= 4 is 5.97 Å². The zero-order chi connectivity index (χ0) is 19.5. The number of hydrogen-bond acceptors (Lipinski definition) is 4. The highest BCUT2D eigenvalue weighted by atomic mass is 16.5. The summed E-state index contributed by atoms with van der Waals surface area (Å²) >= 11 is 0. The Bertz CT molecular complexity index is 628. The van der Waals surface area contributed by atoms with Gasteiger partial charge in [0.1, 0.15) is 12.0 Å². The molecule has 0 unspecified atom stereocenters. The summed E-state index contributed by atoms with van der Waals surface area (Å²) in [5.41, 5.74) is 1.17. The molecule has 0 aliphatic heterocycles. The molecule has 2 N–H and O–H groups in total. The molecule has 0 fully saturated rings. The van der Waals surface area contributed by atoms with Crippen LogP contribution in [-0.2, 0) is 14.9 Å². The van der Waals surface area contributed by atoms with E-state index in [0.29, 0.717) is 13.0 Å². The molecule has 0 saturated heterocycles. The maximum absolute atomic E-state index is 13.5. The van der Waals surface area contributed by atoms with Crippen LogP contribution in [0.1, 0.15) is 44.7 Å². The Morgan fingerprint density at radius 3 is 1.78 bits per heavy atom. The van der Waals surface area contributed by atoms with E-state index in [4.69, 9.17) is 4.74 Å². The number of nitrogens with one attached hydrogen (secondary N) is 2. The largest absolute Gasteiger partial charge is 0.462 e. The van der Waals surface area contributed by atoms with E-state index in [-0.39, 0.29) is 12.1 Å². The van der Waals surface area contributed by atoms with Crippen molar-refractivity contribution in [1.82, 2.24) is 10.6 Å². The number of hydrogen-bond donors (Lipinski definition) is 2. The molecule has 4 heteroatoms. The number of ether oxygens (including phenoxy) is 1.